The van der Waals surface area contributed by atoms with Crippen LogP contribution in [-0.4, -0.2) is 39.3 Å². The van der Waals surface area contributed by atoms with E-state index in [-0.39, 0.29) is 17.2 Å². The van der Waals surface area contributed by atoms with Crippen LogP contribution >= 0.6 is 0 Å². The van der Waals surface area contributed by atoms with Crippen molar-refractivity contribution in [2.24, 2.45) is 0 Å². The van der Waals surface area contributed by atoms with Crippen molar-refractivity contribution in [3.63, 3.8) is 0 Å². The molecule has 1 aromatic carbocycles. The second-order valence-corrected chi connectivity index (χ2v) is 8.51. The number of nitriles is 1. The fourth-order valence-electron chi connectivity index (χ4n) is 3.22. The third kappa shape index (κ3) is 6.06. The molecule has 9 heteroatoms. The molecule has 2 atom stereocenters. The average molecular weight is 442 g/mol. The number of likely N-dealkylation sites (tertiary alicyclic amines) is 1. The van der Waals surface area contributed by atoms with E-state index in [1.807, 2.05) is 26.8 Å². The van der Waals surface area contributed by atoms with Gasteiger partial charge in [0.15, 0.2) is 29.7 Å². The number of aromatic nitrogens is 2. The lowest BCUT2D eigenvalue weighted by Crippen LogP contribution is -2.48. The number of carbonyl (C=O) groups is 1. The number of nitrogens with zero attached hydrogens (tertiary/aromatic N) is 4. The Kier molecular flexibility index (Phi) is 7.13. The van der Waals surface area contributed by atoms with Gasteiger partial charge < -0.3 is 14.2 Å². The molecule has 1 fully saturated rings. The summed E-state index contributed by atoms with van der Waals surface area (Å²) in [5, 5.41) is 8.86. The van der Waals surface area contributed by atoms with Crippen LogP contribution in [0.3, 0.4) is 0 Å². The van der Waals surface area contributed by atoms with Crippen molar-refractivity contribution in [3.05, 3.63) is 47.7 Å². The van der Waals surface area contributed by atoms with E-state index in [1.54, 1.807) is 17.9 Å². The topological polar surface area (TPSA) is 97.6 Å². The normalized spacial score (nSPS) is 17.2. The van der Waals surface area contributed by atoms with Gasteiger partial charge in [0, 0.05) is 25.2 Å². The van der Waals surface area contributed by atoms with Gasteiger partial charge in [0.25, 0.3) is 0 Å². The molecule has 0 saturated carbocycles. The third-order valence-electron chi connectivity index (χ3n) is 4.71. The molecule has 0 N–H and O–H groups in total. The number of benzene rings is 1. The van der Waals surface area contributed by atoms with Crippen LogP contribution in [0, 0.1) is 17.1 Å². The van der Waals surface area contributed by atoms with Gasteiger partial charge >= 0.3 is 6.09 Å². The van der Waals surface area contributed by atoms with E-state index < -0.39 is 29.8 Å². The number of amides is 1. The van der Waals surface area contributed by atoms with Gasteiger partial charge in [0.2, 0.25) is 5.88 Å². The van der Waals surface area contributed by atoms with Crippen LogP contribution in [0.5, 0.6) is 11.6 Å². The first-order valence-corrected chi connectivity index (χ1v) is 10.5. The standard InChI is InChI=1S/C23H27FN4O4/c1-15(30-18-9-8-16(14-25)13-17(18)24)21-26-11-10-19(27-21)31-20-7-5-6-12-28(20)22(29)32-23(2,3)4/h8-11,13,15,20H,5-7,12H2,1-4H3. The van der Waals surface area contributed by atoms with E-state index in [1.165, 1.54) is 18.3 Å². The Morgan fingerprint density at radius 1 is 1.31 bits per heavy atom. The molecule has 32 heavy (non-hydrogen) atoms. The lowest BCUT2D eigenvalue weighted by atomic mass is 10.1. The molecule has 0 radical (unpaired) electrons. The number of carbonyl (C=O) groups excluding carboxylic acids is 1. The van der Waals surface area contributed by atoms with Gasteiger partial charge in [-0.1, -0.05) is 0 Å². The quantitative estimate of drug-likeness (QED) is 0.659. The maximum Gasteiger partial charge on any atom is 0.413 e. The lowest BCUT2D eigenvalue weighted by molar-refractivity contribution is -0.0358. The number of hydrogen-bond donors (Lipinski definition) is 0. The van der Waals surface area contributed by atoms with E-state index >= 15 is 0 Å². The van der Waals surface area contributed by atoms with Crippen LogP contribution in [0.4, 0.5) is 9.18 Å². The van der Waals surface area contributed by atoms with Gasteiger partial charge in [-0.05, 0) is 58.7 Å². The Hall–Kier alpha value is -3.41. The fraction of sp³-hybridized carbons (Fsp3) is 0.478. The highest BCUT2D eigenvalue weighted by atomic mass is 19.1. The highest BCUT2D eigenvalue weighted by Crippen LogP contribution is 2.26. The maximum atomic E-state index is 14.1. The van der Waals surface area contributed by atoms with Crippen molar-refractivity contribution in [1.82, 2.24) is 14.9 Å². The van der Waals surface area contributed by atoms with Gasteiger partial charge in [0.1, 0.15) is 5.60 Å². The largest absolute Gasteiger partial charge is 0.480 e. The van der Waals surface area contributed by atoms with Crippen LogP contribution in [0.25, 0.3) is 0 Å². The van der Waals surface area contributed by atoms with E-state index in [0.717, 1.165) is 18.9 Å². The summed E-state index contributed by atoms with van der Waals surface area (Å²) in [6.07, 6.45) is 2.36. The zero-order valence-electron chi connectivity index (χ0n) is 18.7. The van der Waals surface area contributed by atoms with Gasteiger partial charge in [-0.25, -0.2) is 14.2 Å². The van der Waals surface area contributed by atoms with Gasteiger partial charge in [-0.3, -0.25) is 4.90 Å². The summed E-state index contributed by atoms with van der Waals surface area (Å²) in [6.45, 7) is 7.68. The molecule has 1 aliphatic heterocycles. The molecule has 8 nitrogen and oxygen atoms in total. The Morgan fingerprint density at radius 2 is 2.09 bits per heavy atom. The molecular weight excluding hydrogens is 415 g/mol. The second-order valence-electron chi connectivity index (χ2n) is 8.51. The molecule has 2 aromatic rings. The minimum Gasteiger partial charge on any atom is -0.480 e. The molecule has 0 spiro atoms. The molecule has 1 aromatic heterocycles. The van der Waals surface area contributed by atoms with Crippen molar-refractivity contribution in [1.29, 1.82) is 5.26 Å². The van der Waals surface area contributed by atoms with Crippen LogP contribution in [0.15, 0.2) is 30.5 Å². The summed E-state index contributed by atoms with van der Waals surface area (Å²) in [4.78, 5) is 22.7. The molecule has 2 unspecified atom stereocenters. The first-order valence-electron chi connectivity index (χ1n) is 10.5. The zero-order valence-corrected chi connectivity index (χ0v) is 18.7. The summed E-state index contributed by atoms with van der Waals surface area (Å²) in [5.74, 6) is -0.0644. The summed E-state index contributed by atoms with van der Waals surface area (Å²) in [7, 11) is 0. The van der Waals surface area contributed by atoms with E-state index in [9.17, 15) is 9.18 Å². The highest BCUT2D eigenvalue weighted by molar-refractivity contribution is 5.68. The van der Waals surface area contributed by atoms with Crippen LogP contribution < -0.4 is 9.47 Å². The Bertz CT molecular complexity index is 1000. The number of piperidine rings is 1. The van der Waals surface area contributed by atoms with E-state index in [0.29, 0.717) is 18.8 Å². The number of hydrogen-bond acceptors (Lipinski definition) is 7. The number of halogens is 1. The molecule has 1 aliphatic rings. The lowest BCUT2D eigenvalue weighted by Gasteiger charge is -2.36. The minimum absolute atomic E-state index is 0.00481. The first-order chi connectivity index (χ1) is 15.2. The van der Waals surface area contributed by atoms with Crippen molar-refractivity contribution >= 4 is 6.09 Å². The molecule has 1 saturated heterocycles. The summed E-state index contributed by atoms with van der Waals surface area (Å²) in [5.41, 5.74) is -0.398. The van der Waals surface area contributed by atoms with Gasteiger partial charge in [0.05, 0.1) is 11.6 Å². The van der Waals surface area contributed by atoms with Gasteiger partial charge in [-0.15, -0.1) is 0 Å². The van der Waals surface area contributed by atoms with Crippen molar-refractivity contribution in [2.45, 2.75) is 64.9 Å². The van der Waals surface area contributed by atoms with E-state index in [2.05, 4.69) is 9.97 Å². The SMILES string of the molecule is CC(Oc1ccc(C#N)cc1F)c1nccc(OC2CCCCN2C(=O)OC(C)(C)C)n1. The molecule has 3 rings (SSSR count). The molecule has 2 heterocycles. The van der Waals surface area contributed by atoms with Crippen LogP contribution in [-0.2, 0) is 4.74 Å². The van der Waals surface area contributed by atoms with Gasteiger partial charge in [-0.2, -0.15) is 10.2 Å². The monoisotopic (exact) mass is 442 g/mol. The molecule has 1 amide bonds. The fourth-order valence-corrected chi connectivity index (χ4v) is 3.22. The van der Waals surface area contributed by atoms with E-state index in [4.69, 9.17) is 19.5 Å². The van der Waals surface area contributed by atoms with Crippen molar-refractivity contribution < 1.29 is 23.4 Å². The smallest absolute Gasteiger partial charge is 0.413 e. The molecule has 170 valence electrons. The van der Waals surface area contributed by atoms with Crippen molar-refractivity contribution in [3.8, 4) is 17.7 Å². The predicted molar refractivity (Wildman–Crippen MR) is 113 cm³/mol. The summed E-state index contributed by atoms with van der Waals surface area (Å²) < 4.78 is 31.3. The number of ether oxygens (including phenoxy) is 3. The van der Waals surface area contributed by atoms with Crippen molar-refractivity contribution in [2.75, 3.05) is 6.54 Å². The Morgan fingerprint density at radius 3 is 2.78 bits per heavy atom. The third-order valence-corrected chi connectivity index (χ3v) is 4.71. The number of rotatable bonds is 5. The Balaban J connectivity index is 1.71. The van der Waals surface area contributed by atoms with Crippen LogP contribution in [0.2, 0.25) is 0 Å². The molecule has 0 bridgehead atoms. The zero-order chi connectivity index (χ0) is 23.3. The average Bonchev–Trinajstić information content (AvgIpc) is 2.74. The first kappa shape index (κ1) is 23.3. The summed E-state index contributed by atoms with van der Waals surface area (Å²) >= 11 is 0. The van der Waals surface area contributed by atoms with Crippen LogP contribution in [0.1, 0.15) is 64.4 Å². The predicted octanol–water partition coefficient (Wildman–Crippen LogP) is 4.75. The Labute approximate surface area is 186 Å². The maximum absolute atomic E-state index is 14.1. The molecular formula is C23H27FN4O4. The summed E-state index contributed by atoms with van der Waals surface area (Å²) in [6, 6.07) is 7.45. The second kappa shape index (κ2) is 9.81. The molecule has 0 aliphatic carbocycles. The highest BCUT2D eigenvalue weighted by Gasteiger charge is 2.32. The minimum atomic E-state index is -0.672.